The Morgan fingerprint density at radius 2 is 1.82 bits per heavy atom. The molecule has 0 aliphatic heterocycles. The van der Waals surface area contributed by atoms with Gasteiger partial charge < -0.3 is 4.84 Å². The summed E-state index contributed by atoms with van der Waals surface area (Å²) in [4.78, 5) is 15.2. The van der Waals surface area contributed by atoms with E-state index in [0.29, 0.717) is 5.57 Å². The van der Waals surface area contributed by atoms with Crippen LogP contribution < -0.4 is 0 Å². The lowest BCUT2D eigenvalue weighted by molar-refractivity contribution is -0.172. The molecule has 0 fully saturated rings. The molecule has 4 heteroatoms. The Labute approximate surface area is 72.5 Å². The van der Waals surface area contributed by atoms with Crippen molar-refractivity contribution in [2.75, 3.05) is 20.5 Å². The normalized spacial score (nSPS) is 8.18. The van der Waals surface area contributed by atoms with E-state index in [9.17, 15) is 4.79 Å². The summed E-state index contributed by atoms with van der Waals surface area (Å²) in [7, 11) is 3.28. The fraction of sp³-hybridized carbons (Fsp3) is 0.571. The van der Waals surface area contributed by atoms with Gasteiger partial charge in [-0.05, 0) is 6.92 Å². The monoisotopic (exact) mass is 179 g/mol. The smallest absolute Gasteiger partial charge is 0.351 e. The van der Waals surface area contributed by atoms with E-state index in [2.05, 4.69) is 23.0 Å². The molecule has 0 saturated carbocycles. The molecule has 0 spiro atoms. The summed E-state index contributed by atoms with van der Waals surface area (Å²) < 4.78 is 0. The van der Waals surface area contributed by atoms with E-state index < -0.39 is 0 Å². The highest BCUT2D eigenvalue weighted by molar-refractivity contribution is 6.15. The fourth-order valence-electron chi connectivity index (χ4n) is 0.244. The highest BCUT2D eigenvalue weighted by Crippen LogP contribution is 1.91. The summed E-state index contributed by atoms with van der Waals surface area (Å²) in [6.07, 6.45) is 1.47. The molecule has 0 atom stereocenters. The Bertz CT molecular complexity index is 134. The van der Waals surface area contributed by atoms with Crippen molar-refractivity contribution in [2.45, 2.75) is 6.92 Å². The molecule has 0 aromatic rings. The zero-order valence-electron chi connectivity index (χ0n) is 7.35. The molecule has 0 heterocycles. The van der Waals surface area contributed by atoms with Crippen LogP contribution in [-0.2, 0) is 9.63 Å². The minimum Gasteiger partial charge on any atom is -0.365 e. The van der Waals surface area contributed by atoms with Crippen molar-refractivity contribution >= 4 is 17.6 Å². The Morgan fingerprint density at radius 1 is 1.45 bits per heavy atom. The van der Waals surface area contributed by atoms with Gasteiger partial charge in [-0.2, -0.15) is 0 Å². The van der Waals surface area contributed by atoms with Crippen molar-refractivity contribution < 1.29 is 9.63 Å². The molecule has 0 saturated heterocycles. The van der Waals surface area contributed by atoms with Gasteiger partial charge in [0.15, 0.2) is 0 Å². The average molecular weight is 180 g/mol. The van der Waals surface area contributed by atoms with E-state index >= 15 is 0 Å². The van der Waals surface area contributed by atoms with E-state index in [1.165, 1.54) is 11.4 Å². The first-order valence-electron chi connectivity index (χ1n) is 2.97. The highest BCUT2D eigenvalue weighted by atomic mass is 35.5. The fourth-order valence-corrected chi connectivity index (χ4v) is 0.244. The van der Waals surface area contributed by atoms with E-state index in [1.54, 1.807) is 21.0 Å². The van der Waals surface area contributed by atoms with Gasteiger partial charge in [-0.1, -0.05) is 6.58 Å². The van der Waals surface area contributed by atoms with Crippen LogP contribution in [0.3, 0.4) is 0 Å². The van der Waals surface area contributed by atoms with Gasteiger partial charge in [0.25, 0.3) is 0 Å². The van der Waals surface area contributed by atoms with Crippen molar-refractivity contribution in [3.8, 4) is 0 Å². The van der Waals surface area contributed by atoms with Crippen LogP contribution in [0.1, 0.15) is 6.92 Å². The van der Waals surface area contributed by atoms with Crippen LogP contribution in [-0.4, -0.2) is 31.5 Å². The van der Waals surface area contributed by atoms with Crippen LogP contribution in [0.4, 0.5) is 0 Å². The third-order valence-corrected chi connectivity index (χ3v) is 0.614. The number of hydrogen-bond donors (Lipinski definition) is 0. The maximum atomic E-state index is 10.6. The number of hydrogen-bond acceptors (Lipinski definition) is 3. The van der Waals surface area contributed by atoms with Crippen molar-refractivity contribution in [1.82, 2.24) is 5.06 Å². The zero-order chi connectivity index (χ0) is 9.44. The molecule has 66 valence electrons. The predicted octanol–water partition coefficient (Wildman–Crippen LogP) is 1.44. The highest BCUT2D eigenvalue weighted by Gasteiger charge is 2.02. The summed E-state index contributed by atoms with van der Waals surface area (Å²) >= 11 is 4.64. The average Bonchev–Trinajstić information content (AvgIpc) is 1.90. The van der Waals surface area contributed by atoms with Crippen molar-refractivity contribution in [2.24, 2.45) is 0 Å². The standard InChI is InChI=1S/C6H11NO2.CH3Cl/c1-5(2)6(8)9-7(3)4;1-2/h1H2,2-4H3;1H3. The minimum atomic E-state index is -0.389. The quantitative estimate of drug-likeness (QED) is 0.365. The molecule has 0 bridgehead atoms. The molecule has 0 rings (SSSR count). The molecule has 11 heavy (non-hydrogen) atoms. The van der Waals surface area contributed by atoms with Crippen LogP contribution in [0.5, 0.6) is 0 Å². The number of rotatable bonds is 2. The Morgan fingerprint density at radius 3 is 1.91 bits per heavy atom. The molecule has 0 radical (unpaired) electrons. The van der Waals surface area contributed by atoms with Crippen molar-refractivity contribution in [1.29, 1.82) is 0 Å². The van der Waals surface area contributed by atoms with Gasteiger partial charge >= 0.3 is 5.97 Å². The Balaban J connectivity index is 0. The second kappa shape index (κ2) is 7.57. The first kappa shape index (κ1) is 13.1. The van der Waals surface area contributed by atoms with Gasteiger partial charge in [-0.25, -0.2) is 4.79 Å². The first-order chi connectivity index (χ1) is 5.04. The minimum absolute atomic E-state index is 0.389. The maximum Gasteiger partial charge on any atom is 0.351 e. The van der Waals surface area contributed by atoms with Crippen LogP contribution in [0.25, 0.3) is 0 Å². The molecule has 0 aliphatic rings. The third-order valence-electron chi connectivity index (χ3n) is 0.614. The summed E-state index contributed by atoms with van der Waals surface area (Å²) in [5, 5.41) is 1.33. The number of halogens is 1. The SMILES string of the molecule is C=C(C)C(=O)ON(C)C.CCl. The maximum absolute atomic E-state index is 10.6. The molecular formula is C7H14ClNO2. The van der Waals surface area contributed by atoms with Crippen LogP contribution in [0.2, 0.25) is 0 Å². The van der Waals surface area contributed by atoms with Crippen LogP contribution >= 0.6 is 11.6 Å². The first-order valence-corrected chi connectivity index (χ1v) is 3.72. The molecule has 0 aliphatic carbocycles. The van der Waals surface area contributed by atoms with E-state index in [0.717, 1.165) is 0 Å². The Hall–Kier alpha value is -0.540. The lowest BCUT2D eigenvalue weighted by Crippen LogP contribution is -2.18. The lowest BCUT2D eigenvalue weighted by atomic mass is 10.4. The second-order valence-electron chi connectivity index (χ2n) is 1.97. The molecule has 3 nitrogen and oxygen atoms in total. The number of nitrogens with zero attached hydrogens (tertiary/aromatic N) is 1. The molecule has 0 aromatic heterocycles. The van der Waals surface area contributed by atoms with Crippen LogP contribution in [0.15, 0.2) is 12.2 Å². The Kier molecular flexibility index (Phi) is 9.00. The zero-order valence-corrected chi connectivity index (χ0v) is 8.10. The summed E-state index contributed by atoms with van der Waals surface area (Å²) in [5.74, 6) is -0.389. The van der Waals surface area contributed by atoms with Gasteiger partial charge in [-0.3, -0.25) is 0 Å². The van der Waals surface area contributed by atoms with Gasteiger partial charge in [0.2, 0.25) is 0 Å². The number of alkyl halides is 1. The van der Waals surface area contributed by atoms with Gasteiger partial charge in [0.1, 0.15) is 0 Å². The number of carbonyl (C=O) groups excluding carboxylic acids is 1. The van der Waals surface area contributed by atoms with E-state index in [1.807, 2.05) is 0 Å². The predicted molar refractivity (Wildman–Crippen MR) is 46.4 cm³/mol. The van der Waals surface area contributed by atoms with Gasteiger partial charge in [-0.15, -0.1) is 16.7 Å². The molecule has 0 N–H and O–H groups in total. The topological polar surface area (TPSA) is 29.5 Å². The van der Waals surface area contributed by atoms with Gasteiger partial charge in [0, 0.05) is 26.1 Å². The summed E-state index contributed by atoms with van der Waals surface area (Å²) in [6, 6.07) is 0. The van der Waals surface area contributed by atoms with Gasteiger partial charge in [0.05, 0.1) is 0 Å². The van der Waals surface area contributed by atoms with E-state index in [4.69, 9.17) is 0 Å². The molecule has 0 amide bonds. The molecule has 0 unspecified atom stereocenters. The van der Waals surface area contributed by atoms with Crippen LogP contribution in [0, 0.1) is 0 Å². The summed E-state index contributed by atoms with van der Waals surface area (Å²) in [6.45, 7) is 5.01. The number of carbonyl (C=O) groups is 1. The molecular weight excluding hydrogens is 166 g/mol. The summed E-state index contributed by atoms with van der Waals surface area (Å²) in [5.41, 5.74) is 0.406. The van der Waals surface area contributed by atoms with Crippen molar-refractivity contribution in [3.05, 3.63) is 12.2 Å². The third kappa shape index (κ3) is 9.46. The molecule has 0 aromatic carbocycles. The largest absolute Gasteiger partial charge is 0.365 e. The number of hydroxylamine groups is 2. The second-order valence-corrected chi connectivity index (χ2v) is 1.97. The van der Waals surface area contributed by atoms with E-state index in [-0.39, 0.29) is 5.97 Å². The lowest BCUT2D eigenvalue weighted by Gasteiger charge is -2.08. The van der Waals surface area contributed by atoms with Crippen molar-refractivity contribution in [3.63, 3.8) is 0 Å².